The third-order valence-electron chi connectivity index (χ3n) is 3.31. The van der Waals surface area contributed by atoms with Gasteiger partial charge < -0.3 is 10.1 Å². The van der Waals surface area contributed by atoms with Crippen LogP contribution in [0.2, 0.25) is 15.1 Å². The lowest BCUT2D eigenvalue weighted by molar-refractivity contribution is -0.114. The van der Waals surface area contributed by atoms with Crippen LogP contribution in [0.15, 0.2) is 36.4 Å². The van der Waals surface area contributed by atoms with E-state index in [1.807, 2.05) is 0 Å². The van der Waals surface area contributed by atoms with Crippen LogP contribution in [0.25, 0.3) is 0 Å². The van der Waals surface area contributed by atoms with E-state index < -0.39 is 22.5 Å². The number of nitrogens with zero attached hydrogens (tertiary/aromatic N) is 1. The Morgan fingerprint density at radius 1 is 1.12 bits per heavy atom. The molecule has 6 nitrogen and oxygen atoms in total. The number of halogens is 3. The molecule has 26 heavy (non-hydrogen) atoms. The van der Waals surface area contributed by atoms with Gasteiger partial charge in [-0.05, 0) is 36.4 Å². The summed E-state index contributed by atoms with van der Waals surface area (Å²) < 4.78 is 30.3. The van der Waals surface area contributed by atoms with E-state index in [9.17, 15) is 13.2 Å². The molecule has 0 fully saturated rings. The fourth-order valence-corrected chi connectivity index (χ4v) is 3.45. The molecule has 0 saturated heterocycles. The number of nitrogens with one attached hydrogen (secondary N) is 1. The Bertz CT molecular complexity index is 935. The molecule has 0 spiro atoms. The number of carbonyl (C=O) groups is 1. The van der Waals surface area contributed by atoms with Gasteiger partial charge in [-0.3, -0.25) is 9.10 Å². The monoisotopic (exact) mass is 436 g/mol. The maximum Gasteiger partial charge on any atom is 0.245 e. The first-order valence-corrected chi connectivity index (χ1v) is 10.2. The van der Waals surface area contributed by atoms with E-state index in [-0.39, 0.29) is 15.7 Å². The van der Waals surface area contributed by atoms with E-state index in [1.165, 1.54) is 31.4 Å². The van der Waals surface area contributed by atoms with Gasteiger partial charge in [-0.1, -0.05) is 34.8 Å². The SMILES string of the molecule is COc1ccc(Cl)cc1NC(=O)CN(c1ccc(Cl)c(Cl)c1)S(C)(=O)=O. The lowest BCUT2D eigenvalue weighted by Crippen LogP contribution is -2.37. The van der Waals surface area contributed by atoms with Crippen LogP contribution in [0.5, 0.6) is 5.75 Å². The number of benzene rings is 2. The van der Waals surface area contributed by atoms with Crippen molar-refractivity contribution in [3.05, 3.63) is 51.5 Å². The van der Waals surface area contributed by atoms with Crippen LogP contribution in [-0.4, -0.2) is 34.2 Å². The van der Waals surface area contributed by atoms with Gasteiger partial charge in [0.05, 0.1) is 34.8 Å². The standard InChI is InChI=1S/C16H15Cl3N2O4S/c1-25-15-6-3-10(17)7-14(15)20-16(22)9-21(26(2,23)24)11-4-5-12(18)13(19)8-11/h3-8H,9H2,1-2H3,(H,20,22). The summed E-state index contributed by atoms with van der Waals surface area (Å²) >= 11 is 17.7. The van der Waals surface area contributed by atoms with Gasteiger partial charge in [-0.15, -0.1) is 0 Å². The third kappa shape index (κ3) is 5.17. The number of methoxy groups -OCH3 is 1. The van der Waals surface area contributed by atoms with Gasteiger partial charge in [-0.2, -0.15) is 0 Å². The Morgan fingerprint density at radius 2 is 1.81 bits per heavy atom. The molecule has 0 heterocycles. The number of anilines is 2. The Labute approximate surface area is 166 Å². The first kappa shape index (κ1) is 20.6. The molecule has 0 aromatic heterocycles. The van der Waals surface area contributed by atoms with Gasteiger partial charge in [0.15, 0.2) is 0 Å². The van der Waals surface area contributed by atoms with Crippen LogP contribution < -0.4 is 14.4 Å². The Kier molecular flexibility index (Phi) is 6.63. The summed E-state index contributed by atoms with van der Waals surface area (Å²) in [5.41, 5.74) is 0.544. The quantitative estimate of drug-likeness (QED) is 0.739. The van der Waals surface area contributed by atoms with Gasteiger partial charge in [-0.25, -0.2) is 8.42 Å². The average molecular weight is 438 g/mol. The minimum Gasteiger partial charge on any atom is -0.495 e. The van der Waals surface area contributed by atoms with Crippen LogP contribution in [-0.2, 0) is 14.8 Å². The second-order valence-electron chi connectivity index (χ2n) is 5.26. The molecule has 0 aliphatic heterocycles. The van der Waals surface area contributed by atoms with Gasteiger partial charge >= 0.3 is 0 Å². The van der Waals surface area contributed by atoms with Crippen molar-refractivity contribution < 1.29 is 17.9 Å². The van der Waals surface area contributed by atoms with E-state index in [2.05, 4.69) is 5.32 Å². The lowest BCUT2D eigenvalue weighted by Gasteiger charge is -2.22. The molecule has 1 N–H and O–H groups in total. The minimum atomic E-state index is -3.75. The van der Waals surface area contributed by atoms with Crippen LogP contribution in [0.4, 0.5) is 11.4 Å². The van der Waals surface area contributed by atoms with E-state index in [4.69, 9.17) is 39.5 Å². The number of ether oxygens (including phenoxy) is 1. The summed E-state index contributed by atoms with van der Waals surface area (Å²) in [5.74, 6) is -0.190. The molecule has 0 unspecified atom stereocenters. The number of carbonyl (C=O) groups excluding carboxylic acids is 1. The molecule has 0 atom stereocenters. The van der Waals surface area contributed by atoms with Crippen molar-refractivity contribution in [2.45, 2.75) is 0 Å². The van der Waals surface area contributed by atoms with Crippen molar-refractivity contribution in [1.29, 1.82) is 0 Å². The number of rotatable bonds is 6. The second-order valence-corrected chi connectivity index (χ2v) is 8.42. The smallest absolute Gasteiger partial charge is 0.245 e. The zero-order chi connectivity index (χ0) is 19.5. The molecule has 140 valence electrons. The maximum atomic E-state index is 12.4. The van der Waals surface area contributed by atoms with E-state index in [0.29, 0.717) is 16.5 Å². The fraction of sp³-hybridized carbons (Fsp3) is 0.188. The summed E-state index contributed by atoms with van der Waals surface area (Å²) in [4.78, 5) is 12.4. The zero-order valence-corrected chi connectivity index (χ0v) is 16.9. The highest BCUT2D eigenvalue weighted by atomic mass is 35.5. The number of amides is 1. The normalized spacial score (nSPS) is 11.1. The van der Waals surface area contributed by atoms with Crippen molar-refractivity contribution >= 4 is 62.1 Å². The van der Waals surface area contributed by atoms with Crippen molar-refractivity contribution in [3.63, 3.8) is 0 Å². The van der Waals surface area contributed by atoms with Crippen molar-refractivity contribution in [2.75, 3.05) is 29.5 Å². The molecule has 2 aromatic carbocycles. The number of sulfonamides is 1. The predicted octanol–water partition coefficient (Wildman–Crippen LogP) is 4.06. The highest BCUT2D eigenvalue weighted by Crippen LogP contribution is 2.30. The summed E-state index contributed by atoms with van der Waals surface area (Å²) in [6.45, 7) is -0.466. The molecule has 2 rings (SSSR count). The molecule has 0 aliphatic rings. The Morgan fingerprint density at radius 3 is 2.38 bits per heavy atom. The Balaban J connectivity index is 2.28. The lowest BCUT2D eigenvalue weighted by atomic mass is 10.3. The second kappa shape index (κ2) is 8.35. The molecule has 10 heteroatoms. The maximum absolute atomic E-state index is 12.4. The van der Waals surface area contributed by atoms with Crippen LogP contribution in [0, 0.1) is 0 Å². The average Bonchev–Trinajstić information content (AvgIpc) is 2.54. The van der Waals surface area contributed by atoms with Crippen LogP contribution >= 0.6 is 34.8 Å². The zero-order valence-electron chi connectivity index (χ0n) is 13.8. The number of hydrogen-bond acceptors (Lipinski definition) is 4. The Hall–Kier alpha value is -1.67. The summed E-state index contributed by atoms with van der Waals surface area (Å²) in [5, 5.41) is 3.43. The van der Waals surface area contributed by atoms with Gasteiger partial charge in [0.2, 0.25) is 15.9 Å². The van der Waals surface area contributed by atoms with Crippen LogP contribution in [0.3, 0.4) is 0 Å². The van der Waals surface area contributed by atoms with Gasteiger partial charge in [0.25, 0.3) is 0 Å². The summed E-state index contributed by atoms with van der Waals surface area (Å²) in [6, 6.07) is 8.98. The van der Waals surface area contributed by atoms with Gasteiger partial charge in [0.1, 0.15) is 12.3 Å². The first-order valence-electron chi connectivity index (χ1n) is 7.18. The molecular weight excluding hydrogens is 423 g/mol. The minimum absolute atomic E-state index is 0.176. The third-order valence-corrected chi connectivity index (χ3v) is 5.43. The van der Waals surface area contributed by atoms with Crippen molar-refractivity contribution in [3.8, 4) is 5.75 Å². The fourth-order valence-electron chi connectivity index (χ4n) is 2.14. The van der Waals surface area contributed by atoms with Crippen molar-refractivity contribution in [1.82, 2.24) is 0 Å². The molecule has 2 aromatic rings. The highest BCUT2D eigenvalue weighted by Gasteiger charge is 2.22. The summed E-state index contributed by atoms with van der Waals surface area (Å²) in [6.07, 6.45) is 0.989. The number of hydrogen-bond donors (Lipinski definition) is 1. The van der Waals surface area contributed by atoms with E-state index in [1.54, 1.807) is 12.1 Å². The topological polar surface area (TPSA) is 75.7 Å². The molecule has 0 aliphatic carbocycles. The highest BCUT2D eigenvalue weighted by molar-refractivity contribution is 7.92. The van der Waals surface area contributed by atoms with Crippen molar-refractivity contribution in [2.24, 2.45) is 0 Å². The van der Waals surface area contributed by atoms with E-state index in [0.717, 1.165) is 10.6 Å². The predicted molar refractivity (Wildman–Crippen MR) is 105 cm³/mol. The molecule has 0 bridgehead atoms. The molecule has 1 amide bonds. The molecular formula is C16H15Cl3N2O4S. The molecule has 0 saturated carbocycles. The van der Waals surface area contributed by atoms with Gasteiger partial charge in [0, 0.05) is 5.02 Å². The molecule has 0 radical (unpaired) electrons. The van der Waals surface area contributed by atoms with E-state index >= 15 is 0 Å². The first-order chi connectivity index (χ1) is 12.1. The summed E-state index contributed by atoms with van der Waals surface area (Å²) in [7, 11) is -2.30. The largest absolute Gasteiger partial charge is 0.495 e. The van der Waals surface area contributed by atoms with Crippen LogP contribution in [0.1, 0.15) is 0 Å².